The normalized spacial score (nSPS) is 19.3. The van der Waals surface area contributed by atoms with Crippen LogP contribution in [0.4, 0.5) is 4.79 Å². The molecule has 0 N–H and O–H groups in total. The summed E-state index contributed by atoms with van der Waals surface area (Å²) in [7, 11) is 0. The van der Waals surface area contributed by atoms with Gasteiger partial charge in [-0.3, -0.25) is 4.90 Å². The fraction of sp³-hybridized carbons (Fsp3) is 0.500. The molecule has 0 unspecified atom stereocenters. The first-order valence-corrected chi connectivity index (χ1v) is 6.96. The number of likely N-dealkylation sites (tertiary alicyclic amines) is 1. The van der Waals surface area contributed by atoms with E-state index in [9.17, 15) is 4.79 Å². The van der Waals surface area contributed by atoms with E-state index in [-0.39, 0.29) is 12.1 Å². The van der Waals surface area contributed by atoms with Gasteiger partial charge in [-0.15, -0.1) is 0 Å². The van der Waals surface area contributed by atoms with Crippen LogP contribution in [-0.2, 0) is 16.0 Å². The van der Waals surface area contributed by atoms with Gasteiger partial charge in [-0.25, -0.2) is 4.79 Å². The van der Waals surface area contributed by atoms with E-state index in [0.717, 1.165) is 25.9 Å². The fourth-order valence-corrected chi connectivity index (χ4v) is 2.45. The molecule has 4 nitrogen and oxygen atoms in total. The number of rotatable bonds is 5. The second kappa shape index (κ2) is 7.36. The van der Waals surface area contributed by atoms with Crippen LogP contribution in [0.5, 0.6) is 0 Å². The Morgan fingerprint density at radius 1 is 1.32 bits per heavy atom. The van der Waals surface area contributed by atoms with E-state index in [1.807, 2.05) is 18.2 Å². The minimum atomic E-state index is -0.693. The van der Waals surface area contributed by atoms with Crippen molar-refractivity contribution in [3.8, 4) is 0 Å². The van der Waals surface area contributed by atoms with Crippen LogP contribution >= 0.6 is 11.6 Å². The largest absolute Gasteiger partial charge is 0.509 e. The van der Waals surface area contributed by atoms with Crippen LogP contribution in [0.25, 0.3) is 0 Å². The second-order valence-electron chi connectivity index (χ2n) is 4.57. The molecule has 0 aliphatic carbocycles. The lowest BCUT2D eigenvalue weighted by Gasteiger charge is -2.23. The molecule has 0 radical (unpaired) electrons. The molecule has 19 heavy (non-hydrogen) atoms. The van der Waals surface area contributed by atoms with Crippen molar-refractivity contribution in [2.24, 2.45) is 0 Å². The second-order valence-corrected chi connectivity index (χ2v) is 4.78. The molecule has 1 aromatic carbocycles. The standard InChI is InChI=1S/C14H18ClNO3/c15-11-19-14(17)18-10-13-7-4-8-16(13)9-12-5-2-1-3-6-12/h1-3,5-6,13H,4,7-11H2/t13-/m0/s1. The quantitative estimate of drug-likeness (QED) is 0.615. The van der Waals surface area contributed by atoms with Gasteiger partial charge in [-0.1, -0.05) is 41.9 Å². The highest BCUT2D eigenvalue weighted by Crippen LogP contribution is 2.20. The number of hydrogen-bond donors (Lipinski definition) is 0. The Morgan fingerprint density at radius 3 is 2.84 bits per heavy atom. The van der Waals surface area contributed by atoms with E-state index in [2.05, 4.69) is 21.8 Å². The van der Waals surface area contributed by atoms with Gasteiger partial charge in [-0.2, -0.15) is 0 Å². The van der Waals surface area contributed by atoms with Gasteiger partial charge in [0, 0.05) is 12.6 Å². The molecule has 0 aromatic heterocycles. The maximum Gasteiger partial charge on any atom is 0.509 e. The SMILES string of the molecule is O=C(OCCl)OC[C@@H]1CCCN1Cc1ccccc1. The summed E-state index contributed by atoms with van der Waals surface area (Å²) < 4.78 is 9.59. The lowest BCUT2D eigenvalue weighted by atomic mass is 10.2. The highest BCUT2D eigenvalue weighted by molar-refractivity contribution is 6.17. The van der Waals surface area contributed by atoms with Crippen molar-refractivity contribution in [3.63, 3.8) is 0 Å². The molecule has 0 saturated carbocycles. The Morgan fingerprint density at radius 2 is 2.11 bits per heavy atom. The summed E-state index contributed by atoms with van der Waals surface area (Å²) in [6, 6.07) is 10.4. The van der Waals surface area contributed by atoms with Gasteiger partial charge in [0.2, 0.25) is 0 Å². The molecule has 1 aliphatic rings. The number of hydrogen-bond acceptors (Lipinski definition) is 4. The minimum Gasteiger partial charge on any atom is -0.433 e. The first-order chi connectivity index (χ1) is 9.29. The Balaban J connectivity index is 1.82. The first-order valence-electron chi connectivity index (χ1n) is 6.43. The number of nitrogens with zero attached hydrogens (tertiary/aromatic N) is 1. The third-order valence-electron chi connectivity index (χ3n) is 3.29. The Kier molecular flexibility index (Phi) is 5.48. The molecule has 104 valence electrons. The summed E-state index contributed by atoms with van der Waals surface area (Å²) >= 11 is 5.29. The van der Waals surface area contributed by atoms with Crippen LogP contribution in [0.15, 0.2) is 30.3 Å². The minimum absolute atomic E-state index is 0.169. The summed E-state index contributed by atoms with van der Waals surface area (Å²) in [5.74, 6) is 0. The van der Waals surface area contributed by atoms with Gasteiger partial charge >= 0.3 is 6.16 Å². The third-order valence-corrected chi connectivity index (χ3v) is 3.40. The molecule has 0 spiro atoms. The molecule has 1 aliphatic heterocycles. The summed E-state index contributed by atoms with van der Waals surface area (Å²) in [5, 5.41) is 0. The van der Waals surface area contributed by atoms with E-state index in [1.54, 1.807) is 0 Å². The zero-order valence-corrected chi connectivity index (χ0v) is 11.5. The highest BCUT2D eigenvalue weighted by atomic mass is 35.5. The molecule has 0 amide bonds. The summed E-state index contributed by atoms with van der Waals surface area (Å²) in [4.78, 5) is 13.5. The van der Waals surface area contributed by atoms with Gasteiger partial charge in [0.25, 0.3) is 0 Å². The summed E-state index contributed by atoms with van der Waals surface area (Å²) in [6.07, 6.45) is 1.48. The monoisotopic (exact) mass is 283 g/mol. The molecule has 1 heterocycles. The van der Waals surface area contributed by atoms with Crippen LogP contribution in [-0.4, -0.2) is 36.3 Å². The van der Waals surface area contributed by atoms with Gasteiger partial charge in [0.05, 0.1) is 0 Å². The zero-order chi connectivity index (χ0) is 13.5. The number of carbonyl (C=O) groups is 1. The van der Waals surface area contributed by atoms with Crippen molar-refractivity contribution in [3.05, 3.63) is 35.9 Å². The average Bonchev–Trinajstić information content (AvgIpc) is 2.85. The van der Waals surface area contributed by atoms with Crippen molar-refractivity contribution in [1.29, 1.82) is 0 Å². The van der Waals surface area contributed by atoms with Crippen molar-refractivity contribution in [2.45, 2.75) is 25.4 Å². The van der Waals surface area contributed by atoms with Gasteiger partial charge in [0.1, 0.15) is 6.61 Å². The predicted octanol–water partition coefficient (Wildman–Crippen LogP) is 3.00. The van der Waals surface area contributed by atoms with E-state index in [0.29, 0.717) is 6.61 Å². The number of carbonyl (C=O) groups excluding carboxylic acids is 1. The lowest BCUT2D eigenvalue weighted by molar-refractivity contribution is 0.0467. The molecule has 1 fully saturated rings. The zero-order valence-electron chi connectivity index (χ0n) is 10.8. The van der Waals surface area contributed by atoms with Gasteiger partial charge < -0.3 is 9.47 Å². The Labute approximate surface area is 118 Å². The van der Waals surface area contributed by atoms with Crippen molar-refractivity contribution >= 4 is 17.8 Å². The molecular formula is C14H18ClNO3. The van der Waals surface area contributed by atoms with Gasteiger partial charge in [0.15, 0.2) is 6.07 Å². The van der Waals surface area contributed by atoms with E-state index >= 15 is 0 Å². The van der Waals surface area contributed by atoms with Crippen LogP contribution in [0.3, 0.4) is 0 Å². The summed E-state index contributed by atoms with van der Waals surface area (Å²) in [5.41, 5.74) is 1.28. The summed E-state index contributed by atoms with van der Waals surface area (Å²) in [6.45, 7) is 2.29. The number of benzene rings is 1. The smallest absolute Gasteiger partial charge is 0.433 e. The Bertz CT molecular complexity index is 399. The van der Waals surface area contributed by atoms with Crippen molar-refractivity contribution in [1.82, 2.24) is 4.90 Å². The van der Waals surface area contributed by atoms with Crippen molar-refractivity contribution in [2.75, 3.05) is 19.2 Å². The number of ether oxygens (including phenoxy) is 2. The lowest BCUT2D eigenvalue weighted by Crippen LogP contribution is -2.33. The molecule has 1 saturated heterocycles. The number of alkyl halides is 1. The topological polar surface area (TPSA) is 38.8 Å². The Hall–Kier alpha value is -1.26. The van der Waals surface area contributed by atoms with Crippen LogP contribution in [0.2, 0.25) is 0 Å². The third kappa shape index (κ3) is 4.40. The first kappa shape index (κ1) is 14.2. The average molecular weight is 284 g/mol. The molecule has 1 aromatic rings. The van der Waals surface area contributed by atoms with E-state index in [4.69, 9.17) is 16.3 Å². The maximum absolute atomic E-state index is 11.1. The van der Waals surface area contributed by atoms with Gasteiger partial charge in [-0.05, 0) is 24.9 Å². The molecule has 5 heteroatoms. The van der Waals surface area contributed by atoms with Crippen LogP contribution in [0.1, 0.15) is 18.4 Å². The number of halogens is 1. The van der Waals surface area contributed by atoms with E-state index in [1.165, 1.54) is 5.56 Å². The van der Waals surface area contributed by atoms with Crippen LogP contribution in [0, 0.1) is 0 Å². The predicted molar refractivity (Wildman–Crippen MR) is 73.0 cm³/mol. The van der Waals surface area contributed by atoms with Crippen molar-refractivity contribution < 1.29 is 14.3 Å². The molecular weight excluding hydrogens is 266 g/mol. The highest BCUT2D eigenvalue weighted by Gasteiger charge is 2.25. The maximum atomic E-state index is 11.1. The molecule has 0 bridgehead atoms. The fourth-order valence-electron chi connectivity index (χ4n) is 2.36. The molecule has 1 atom stereocenters. The van der Waals surface area contributed by atoms with E-state index < -0.39 is 6.16 Å². The van der Waals surface area contributed by atoms with Crippen LogP contribution < -0.4 is 0 Å². The molecule has 2 rings (SSSR count).